The highest BCUT2D eigenvalue weighted by Crippen LogP contribution is 2.36. The minimum atomic E-state index is -4.64. The standard InChI is InChI=1S/C21H16ClF3N4O3.C7H6O2/c1-26-19(30)18-11-15(8-9-27-18)32-14-5-2-12(3-6-14)28-20(31)29-13-4-7-17(22)16(10-13)21(23,24)25;8-7(9)6-4-2-1-3-5-6/h2-11H,1H3,(H,26,30)(H2,28,29,31);1-5H,(H,8,9). The number of nitrogens with one attached hydrogen (secondary N) is 3. The molecule has 0 saturated carbocycles. The van der Waals surface area contributed by atoms with Crippen molar-refractivity contribution in [3.8, 4) is 11.5 Å². The molecule has 0 atom stereocenters. The van der Waals surface area contributed by atoms with E-state index in [1.807, 2.05) is 0 Å². The predicted octanol–water partition coefficient (Wildman–Crippen LogP) is 6.93. The number of carboxylic acids is 1. The van der Waals surface area contributed by atoms with Crippen LogP contribution >= 0.6 is 11.6 Å². The first kappa shape index (κ1) is 30.4. The molecular weight excluding hydrogens is 565 g/mol. The summed E-state index contributed by atoms with van der Waals surface area (Å²) in [6.45, 7) is 0. The van der Waals surface area contributed by atoms with E-state index >= 15 is 0 Å². The molecule has 0 saturated heterocycles. The van der Waals surface area contributed by atoms with Crippen molar-refractivity contribution < 1.29 is 37.4 Å². The van der Waals surface area contributed by atoms with Gasteiger partial charge in [0.1, 0.15) is 17.2 Å². The maximum absolute atomic E-state index is 12.9. The second kappa shape index (κ2) is 13.8. The Kier molecular flexibility index (Phi) is 10.3. The number of ether oxygens (including phenoxy) is 1. The lowest BCUT2D eigenvalue weighted by Crippen LogP contribution is -2.19. The monoisotopic (exact) mass is 586 g/mol. The Morgan fingerprint density at radius 3 is 2.07 bits per heavy atom. The van der Waals surface area contributed by atoms with E-state index in [9.17, 15) is 27.6 Å². The Hall–Kier alpha value is -5.10. The highest BCUT2D eigenvalue weighted by molar-refractivity contribution is 6.31. The Balaban J connectivity index is 0.000000436. The van der Waals surface area contributed by atoms with Gasteiger partial charge in [-0.2, -0.15) is 13.2 Å². The number of alkyl halides is 3. The molecule has 9 nitrogen and oxygen atoms in total. The Morgan fingerprint density at radius 2 is 1.49 bits per heavy atom. The molecule has 0 spiro atoms. The van der Waals surface area contributed by atoms with Crippen LogP contribution in [0.5, 0.6) is 11.5 Å². The maximum Gasteiger partial charge on any atom is 0.417 e. The minimum Gasteiger partial charge on any atom is -0.478 e. The molecule has 0 aliphatic carbocycles. The summed E-state index contributed by atoms with van der Waals surface area (Å²) >= 11 is 5.57. The first-order valence-electron chi connectivity index (χ1n) is 11.7. The molecule has 4 rings (SSSR count). The van der Waals surface area contributed by atoms with Gasteiger partial charge in [0, 0.05) is 30.7 Å². The van der Waals surface area contributed by atoms with Crippen LogP contribution in [0, 0.1) is 0 Å². The summed E-state index contributed by atoms with van der Waals surface area (Å²) in [7, 11) is 1.49. The molecule has 13 heteroatoms. The molecule has 1 aromatic heterocycles. The van der Waals surface area contributed by atoms with Gasteiger partial charge < -0.3 is 25.8 Å². The van der Waals surface area contributed by atoms with E-state index in [-0.39, 0.29) is 17.3 Å². The summed E-state index contributed by atoms with van der Waals surface area (Å²) in [6.07, 6.45) is -3.21. The van der Waals surface area contributed by atoms with Gasteiger partial charge in [-0.05, 0) is 60.7 Å². The third-order valence-corrected chi connectivity index (χ3v) is 5.42. The van der Waals surface area contributed by atoms with E-state index in [1.54, 1.807) is 60.7 Å². The van der Waals surface area contributed by atoms with E-state index in [4.69, 9.17) is 21.4 Å². The second-order valence-corrected chi connectivity index (χ2v) is 8.43. The number of urea groups is 1. The van der Waals surface area contributed by atoms with Crippen molar-refractivity contribution in [3.05, 3.63) is 113 Å². The fourth-order valence-corrected chi connectivity index (χ4v) is 3.39. The van der Waals surface area contributed by atoms with Crippen molar-refractivity contribution in [1.29, 1.82) is 0 Å². The van der Waals surface area contributed by atoms with Crippen LogP contribution in [0.15, 0.2) is 91.1 Å². The normalized spacial score (nSPS) is 10.5. The number of carbonyl (C=O) groups excluding carboxylic acids is 2. The molecule has 0 fully saturated rings. The SMILES string of the molecule is CNC(=O)c1cc(Oc2ccc(NC(=O)Nc3ccc(Cl)c(C(F)(F)F)c3)cc2)ccn1.O=C(O)c1ccccc1. The van der Waals surface area contributed by atoms with Crippen LogP contribution in [-0.4, -0.2) is 35.0 Å². The summed E-state index contributed by atoms with van der Waals surface area (Å²) in [4.78, 5) is 37.9. The number of carboxylic acid groups (broad SMARTS) is 1. The fourth-order valence-electron chi connectivity index (χ4n) is 3.16. The molecule has 41 heavy (non-hydrogen) atoms. The quantitative estimate of drug-likeness (QED) is 0.194. The zero-order chi connectivity index (χ0) is 30.0. The third-order valence-electron chi connectivity index (χ3n) is 5.09. The first-order chi connectivity index (χ1) is 19.5. The molecule has 0 unspecified atom stereocenters. The van der Waals surface area contributed by atoms with Crippen LogP contribution in [0.25, 0.3) is 0 Å². The van der Waals surface area contributed by atoms with Crippen molar-refractivity contribution in [2.45, 2.75) is 6.18 Å². The number of aromatic carboxylic acids is 1. The summed E-state index contributed by atoms with van der Waals surface area (Å²) < 4.78 is 44.5. The number of anilines is 2. The lowest BCUT2D eigenvalue weighted by Gasteiger charge is -2.12. The summed E-state index contributed by atoms with van der Waals surface area (Å²) in [5.41, 5.74) is -0.216. The Morgan fingerprint density at radius 1 is 0.854 bits per heavy atom. The van der Waals surface area contributed by atoms with E-state index in [0.717, 1.165) is 12.1 Å². The van der Waals surface area contributed by atoms with Crippen molar-refractivity contribution in [1.82, 2.24) is 10.3 Å². The van der Waals surface area contributed by atoms with E-state index in [2.05, 4.69) is 20.9 Å². The van der Waals surface area contributed by atoms with E-state index in [0.29, 0.717) is 22.7 Å². The number of rotatable bonds is 6. The molecule has 3 amide bonds. The van der Waals surface area contributed by atoms with E-state index in [1.165, 1.54) is 25.4 Å². The van der Waals surface area contributed by atoms with Gasteiger partial charge in [-0.25, -0.2) is 9.59 Å². The van der Waals surface area contributed by atoms with E-state index < -0.39 is 28.8 Å². The van der Waals surface area contributed by atoms with Crippen LogP contribution in [0.4, 0.5) is 29.3 Å². The Bertz CT molecular complexity index is 1520. The summed E-state index contributed by atoms with van der Waals surface area (Å²) in [5, 5.41) is 15.2. The van der Waals surface area contributed by atoms with Crippen molar-refractivity contribution in [3.63, 3.8) is 0 Å². The number of carbonyl (C=O) groups is 3. The molecule has 212 valence electrons. The zero-order valence-corrected chi connectivity index (χ0v) is 22.0. The largest absolute Gasteiger partial charge is 0.478 e. The first-order valence-corrected chi connectivity index (χ1v) is 12.0. The fraction of sp³-hybridized carbons (Fsp3) is 0.0714. The number of amides is 3. The van der Waals surface area contributed by atoms with Crippen LogP contribution in [0.3, 0.4) is 0 Å². The number of hydrogen-bond donors (Lipinski definition) is 4. The number of pyridine rings is 1. The Labute approximate surface area is 236 Å². The van der Waals surface area contributed by atoms with Crippen LogP contribution in [-0.2, 0) is 6.18 Å². The van der Waals surface area contributed by atoms with Crippen molar-refractivity contribution in [2.24, 2.45) is 0 Å². The molecule has 4 aromatic rings. The van der Waals surface area contributed by atoms with Gasteiger partial charge in [0.15, 0.2) is 0 Å². The molecule has 0 radical (unpaired) electrons. The van der Waals surface area contributed by atoms with Gasteiger partial charge in [0.2, 0.25) is 0 Å². The molecule has 4 N–H and O–H groups in total. The highest BCUT2D eigenvalue weighted by atomic mass is 35.5. The van der Waals surface area contributed by atoms with Gasteiger partial charge in [-0.1, -0.05) is 29.8 Å². The molecule has 0 bridgehead atoms. The lowest BCUT2D eigenvalue weighted by molar-refractivity contribution is -0.137. The highest BCUT2D eigenvalue weighted by Gasteiger charge is 2.33. The number of aromatic nitrogens is 1. The van der Waals surface area contributed by atoms with Crippen molar-refractivity contribution in [2.75, 3.05) is 17.7 Å². The number of benzene rings is 3. The summed E-state index contributed by atoms with van der Waals surface area (Å²) in [5.74, 6) is -0.419. The van der Waals surface area contributed by atoms with Gasteiger partial charge >= 0.3 is 18.2 Å². The smallest absolute Gasteiger partial charge is 0.417 e. The maximum atomic E-state index is 12.9. The van der Waals surface area contributed by atoms with Crippen LogP contribution in [0.2, 0.25) is 5.02 Å². The molecule has 1 heterocycles. The molecule has 0 aliphatic heterocycles. The zero-order valence-electron chi connectivity index (χ0n) is 21.2. The molecule has 0 aliphatic rings. The third kappa shape index (κ3) is 9.25. The number of hydrogen-bond acceptors (Lipinski definition) is 5. The average Bonchev–Trinajstić information content (AvgIpc) is 2.95. The van der Waals surface area contributed by atoms with Crippen molar-refractivity contribution >= 4 is 40.9 Å². The van der Waals surface area contributed by atoms with Gasteiger partial charge in [-0.3, -0.25) is 9.78 Å². The van der Waals surface area contributed by atoms with Gasteiger partial charge in [0.25, 0.3) is 5.91 Å². The van der Waals surface area contributed by atoms with Crippen LogP contribution in [0.1, 0.15) is 26.4 Å². The lowest BCUT2D eigenvalue weighted by atomic mass is 10.2. The van der Waals surface area contributed by atoms with Gasteiger partial charge in [0.05, 0.1) is 16.1 Å². The predicted molar refractivity (Wildman–Crippen MR) is 147 cm³/mol. The summed E-state index contributed by atoms with van der Waals surface area (Å²) in [6, 6.07) is 19.9. The second-order valence-electron chi connectivity index (χ2n) is 8.03. The van der Waals surface area contributed by atoms with Gasteiger partial charge in [-0.15, -0.1) is 0 Å². The topological polar surface area (TPSA) is 130 Å². The average molecular weight is 587 g/mol. The van der Waals surface area contributed by atoms with Crippen LogP contribution < -0.4 is 20.7 Å². The number of nitrogens with zero attached hydrogens (tertiary/aromatic N) is 1. The minimum absolute atomic E-state index is 0.0659. The molecular formula is C28H22ClF3N4O5. The number of halogens is 4. The molecule has 3 aromatic carbocycles.